The van der Waals surface area contributed by atoms with Crippen molar-refractivity contribution in [3.05, 3.63) is 144 Å². The smallest absolute Gasteiger partial charge is 0.136 e. The van der Waals surface area contributed by atoms with E-state index in [0.29, 0.717) is 5.92 Å². The third-order valence-corrected chi connectivity index (χ3v) is 10.1. The van der Waals surface area contributed by atoms with Gasteiger partial charge in [0.15, 0.2) is 0 Å². The summed E-state index contributed by atoms with van der Waals surface area (Å²) in [5.41, 5.74) is 11.5. The predicted octanol–water partition coefficient (Wildman–Crippen LogP) is 11.4. The Morgan fingerprint density at radius 2 is 1.39 bits per heavy atom. The predicted molar refractivity (Wildman–Crippen MR) is 174 cm³/mol. The van der Waals surface area contributed by atoms with Gasteiger partial charge in [0.05, 0.1) is 0 Å². The summed E-state index contributed by atoms with van der Waals surface area (Å²) < 4.78 is 9.25. The first kappa shape index (κ1) is 23.1. The van der Waals surface area contributed by atoms with E-state index in [1.54, 1.807) is 0 Å². The number of hydrogen-bond donors (Lipinski definition) is 0. The Labute approximate surface area is 242 Å². The molecule has 194 valence electrons. The summed E-state index contributed by atoms with van der Waals surface area (Å²) in [5.74, 6) is 0.383. The molecule has 0 bridgehead atoms. The van der Waals surface area contributed by atoms with Crippen LogP contribution in [0.1, 0.15) is 29.0 Å². The van der Waals surface area contributed by atoms with Crippen LogP contribution in [0.15, 0.2) is 132 Å². The van der Waals surface area contributed by atoms with E-state index in [-0.39, 0.29) is 0 Å². The molecule has 1 unspecified atom stereocenters. The van der Waals surface area contributed by atoms with Gasteiger partial charge >= 0.3 is 0 Å². The molecule has 1 aliphatic carbocycles. The van der Waals surface area contributed by atoms with Gasteiger partial charge in [-0.05, 0) is 70.0 Å². The average Bonchev–Trinajstić information content (AvgIpc) is 3.69. The fraction of sp³-hybridized carbons (Fsp3) is 0.0769. The number of fused-ring (bicyclic) bond motifs is 10. The molecule has 2 aromatic heterocycles. The zero-order valence-corrected chi connectivity index (χ0v) is 23.2. The second-order valence-corrected chi connectivity index (χ2v) is 12.2. The molecular formula is C39H26OS. The number of hydrogen-bond acceptors (Lipinski definition) is 2. The second-order valence-electron chi connectivity index (χ2n) is 11.2. The van der Waals surface area contributed by atoms with Crippen molar-refractivity contribution in [2.75, 3.05) is 0 Å². The number of furan rings is 1. The molecular weight excluding hydrogens is 516 g/mol. The van der Waals surface area contributed by atoms with Crippen LogP contribution < -0.4 is 0 Å². The highest BCUT2D eigenvalue weighted by molar-refractivity contribution is 7.26. The van der Waals surface area contributed by atoms with Gasteiger partial charge in [-0.25, -0.2) is 0 Å². The number of thiophene rings is 1. The summed E-state index contributed by atoms with van der Waals surface area (Å²) in [6.45, 7) is 0. The molecule has 41 heavy (non-hydrogen) atoms. The van der Waals surface area contributed by atoms with Crippen LogP contribution in [0.5, 0.6) is 0 Å². The Morgan fingerprint density at radius 3 is 2.34 bits per heavy atom. The molecule has 0 amide bonds. The zero-order chi connectivity index (χ0) is 26.9. The van der Waals surface area contributed by atoms with Gasteiger partial charge in [-0.1, -0.05) is 109 Å². The highest BCUT2D eigenvalue weighted by Crippen LogP contribution is 2.52. The van der Waals surface area contributed by atoms with Gasteiger partial charge in [0.2, 0.25) is 0 Å². The molecule has 0 saturated carbocycles. The van der Waals surface area contributed by atoms with E-state index in [4.69, 9.17) is 4.42 Å². The molecule has 1 atom stereocenters. The van der Waals surface area contributed by atoms with Crippen LogP contribution in [0.3, 0.4) is 0 Å². The fourth-order valence-electron chi connectivity index (χ4n) is 7.09. The lowest BCUT2D eigenvalue weighted by molar-refractivity contribution is 0.667. The van der Waals surface area contributed by atoms with Gasteiger partial charge in [-0.2, -0.15) is 0 Å². The lowest BCUT2D eigenvalue weighted by atomic mass is 9.89. The van der Waals surface area contributed by atoms with Crippen molar-refractivity contribution in [3.8, 4) is 22.3 Å². The molecule has 8 aromatic rings. The summed E-state index contributed by atoms with van der Waals surface area (Å²) in [5, 5.41) is 5.15. The molecule has 2 heteroatoms. The lowest BCUT2D eigenvalue weighted by Gasteiger charge is -2.15. The van der Waals surface area contributed by atoms with E-state index in [0.717, 1.165) is 24.0 Å². The summed E-state index contributed by atoms with van der Waals surface area (Å²) >= 11 is 1.95. The number of rotatable bonds is 4. The summed E-state index contributed by atoms with van der Waals surface area (Å²) in [6.07, 6.45) is 2.07. The lowest BCUT2D eigenvalue weighted by Crippen LogP contribution is -1.99. The molecule has 2 heterocycles. The Hall–Kier alpha value is -4.66. The first-order chi connectivity index (χ1) is 20.3. The zero-order valence-electron chi connectivity index (χ0n) is 22.4. The van der Waals surface area contributed by atoms with Crippen molar-refractivity contribution in [1.29, 1.82) is 0 Å². The van der Waals surface area contributed by atoms with E-state index in [9.17, 15) is 0 Å². The Kier molecular flexibility index (Phi) is 5.02. The normalized spacial score (nSPS) is 14.3. The van der Waals surface area contributed by atoms with Crippen LogP contribution in [-0.4, -0.2) is 0 Å². The maximum absolute atomic E-state index is 6.43. The fourth-order valence-corrected chi connectivity index (χ4v) is 8.39. The largest absolute Gasteiger partial charge is 0.456 e. The molecule has 6 aromatic carbocycles. The van der Waals surface area contributed by atoms with Crippen LogP contribution in [0.4, 0.5) is 0 Å². The topological polar surface area (TPSA) is 13.1 Å². The minimum Gasteiger partial charge on any atom is -0.456 e. The van der Waals surface area contributed by atoms with E-state index in [2.05, 4.69) is 127 Å². The molecule has 1 nitrogen and oxygen atoms in total. The average molecular weight is 543 g/mol. The van der Waals surface area contributed by atoms with Crippen LogP contribution in [0.2, 0.25) is 0 Å². The van der Waals surface area contributed by atoms with Crippen molar-refractivity contribution in [2.24, 2.45) is 0 Å². The van der Waals surface area contributed by atoms with E-state index < -0.39 is 0 Å². The second kappa shape index (κ2) is 8.92. The van der Waals surface area contributed by atoms with Crippen LogP contribution in [-0.2, 0) is 6.42 Å². The molecule has 0 radical (unpaired) electrons. The van der Waals surface area contributed by atoms with E-state index >= 15 is 0 Å². The standard InChI is InChI=1S/C39H26OS/c1-2-9-25(10-3-1)26-14-8-15-34-37(26)33-20-18-24(23-35(33)40-34)17-19-30-27-11-4-5-12-28(27)31-21-22-32-29-13-6-7-16-36(29)41-39(32)38(30)31/h1-16,18,20-23,30H,17,19H2. The van der Waals surface area contributed by atoms with Crippen LogP contribution in [0, 0.1) is 0 Å². The Bertz CT molecular complexity index is 2270. The van der Waals surface area contributed by atoms with Crippen molar-refractivity contribution in [2.45, 2.75) is 18.8 Å². The number of benzene rings is 6. The highest BCUT2D eigenvalue weighted by Gasteiger charge is 2.31. The number of aryl methyl sites for hydroxylation is 1. The molecule has 1 aliphatic rings. The van der Waals surface area contributed by atoms with Gasteiger partial charge in [-0.15, -0.1) is 11.3 Å². The van der Waals surface area contributed by atoms with Gasteiger partial charge in [0.1, 0.15) is 11.2 Å². The quantitative estimate of drug-likeness (QED) is 0.216. The highest BCUT2D eigenvalue weighted by atomic mass is 32.1. The summed E-state index contributed by atoms with van der Waals surface area (Å²) in [6, 6.07) is 46.4. The molecule has 0 fully saturated rings. The molecule has 0 saturated heterocycles. The maximum Gasteiger partial charge on any atom is 0.136 e. The Morgan fingerprint density at radius 1 is 0.585 bits per heavy atom. The summed E-state index contributed by atoms with van der Waals surface area (Å²) in [4.78, 5) is 0. The van der Waals surface area contributed by atoms with Gasteiger partial charge < -0.3 is 4.42 Å². The molecule has 9 rings (SSSR count). The minimum absolute atomic E-state index is 0.383. The third-order valence-electron chi connectivity index (χ3n) is 8.93. The van der Waals surface area contributed by atoms with Crippen LogP contribution >= 0.6 is 11.3 Å². The minimum atomic E-state index is 0.383. The maximum atomic E-state index is 6.43. The van der Waals surface area contributed by atoms with E-state index in [1.807, 2.05) is 11.3 Å². The van der Waals surface area contributed by atoms with Crippen LogP contribution in [0.25, 0.3) is 64.4 Å². The molecule has 0 spiro atoms. The monoisotopic (exact) mass is 542 g/mol. The van der Waals surface area contributed by atoms with Crippen molar-refractivity contribution in [3.63, 3.8) is 0 Å². The van der Waals surface area contributed by atoms with Gasteiger partial charge in [0, 0.05) is 36.9 Å². The summed E-state index contributed by atoms with van der Waals surface area (Å²) in [7, 11) is 0. The first-order valence-corrected chi connectivity index (χ1v) is 15.2. The first-order valence-electron chi connectivity index (χ1n) is 14.4. The van der Waals surface area contributed by atoms with Crippen molar-refractivity contribution in [1.82, 2.24) is 0 Å². The van der Waals surface area contributed by atoms with Gasteiger partial charge in [-0.3, -0.25) is 0 Å². The SMILES string of the molecule is c1ccc(-c2cccc3oc4cc(CCC5c6ccccc6-c6ccc7c(sc8ccccc87)c65)ccc4c23)cc1. The Balaban J connectivity index is 1.12. The van der Waals surface area contributed by atoms with E-state index in [1.165, 1.54) is 69.9 Å². The van der Waals surface area contributed by atoms with Crippen molar-refractivity contribution >= 4 is 53.4 Å². The van der Waals surface area contributed by atoms with Gasteiger partial charge in [0.25, 0.3) is 0 Å². The molecule has 0 aliphatic heterocycles. The van der Waals surface area contributed by atoms with Crippen molar-refractivity contribution < 1.29 is 4.42 Å². The third kappa shape index (κ3) is 3.47. The molecule has 0 N–H and O–H groups in total.